The molecule has 240 valence electrons. The van der Waals surface area contributed by atoms with Crippen molar-refractivity contribution in [3.63, 3.8) is 0 Å². The fourth-order valence-electron chi connectivity index (χ4n) is 4.41. The lowest BCUT2D eigenvalue weighted by molar-refractivity contribution is -0.385. The smallest absolute Gasteiger partial charge is 0.339 e. The molecule has 0 spiro atoms. The monoisotopic (exact) mass is 632 g/mol. The maximum Gasteiger partial charge on any atom is 0.339 e. The molecule has 0 radical (unpaired) electrons. The first-order valence-electron chi connectivity index (χ1n) is 14.0. The molecule has 4 aromatic rings. The van der Waals surface area contributed by atoms with Crippen LogP contribution in [0, 0.1) is 20.2 Å². The lowest BCUT2D eigenvalue weighted by Crippen LogP contribution is -2.08. The lowest BCUT2D eigenvalue weighted by atomic mass is 10.0. The summed E-state index contributed by atoms with van der Waals surface area (Å²) in [6.07, 6.45) is 3.74. The van der Waals surface area contributed by atoms with Gasteiger partial charge in [-0.05, 0) is 79.1 Å². The highest BCUT2D eigenvalue weighted by atomic mass is 16.6. The van der Waals surface area contributed by atoms with Crippen molar-refractivity contribution in [1.82, 2.24) is 0 Å². The number of nitrogens with one attached hydrogen (secondary N) is 1. The molecule has 6 N–H and O–H groups in total. The molecule has 0 saturated heterocycles. The van der Waals surface area contributed by atoms with Gasteiger partial charge < -0.3 is 25.5 Å². The molecule has 0 amide bonds. The Morgan fingerprint density at radius 1 is 0.696 bits per heavy atom. The summed E-state index contributed by atoms with van der Waals surface area (Å²) in [6.45, 7) is 0.612. The van der Waals surface area contributed by atoms with E-state index in [1.807, 2.05) is 0 Å². The Bertz CT molecular complexity index is 1680. The SMILES string of the molecule is NOc1ccc(CCCc2ccc([N+](=O)[O-])cc2)cc1C(=O)O.O=C(O)c1cc(NCCCc2ccc([N+](=O)[O-])cc2)ccc1O. The lowest BCUT2D eigenvalue weighted by Gasteiger charge is -2.08. The van der Waals surface area contributed by atoms with Crippen molar-refractivity contribution in [1.29, 1.82) is 0 Å². The van der Waals surface area contributed by atoms with Crippen molar-refractivity contribution in [2.24, 2.45) is 5.90 Å². The molecule has 0 aliphatic rings. The third kappa shape index (κ3) is 10.3. The summed E-state index contributed by atoms with van der Waals surface area (Å²) >= 11 is 0. The number of aryl methyl sites for hydroxylation is 3. The van der Waals surface area contributed by atoms with Gasteiger partial charge >= 0.3 is 11.9 Å². The average molecular weight is 633 g/mol. The highest BCUT2D eigenvalue weighted by Crippen LogP contribution is 2.22. The highest BCUT2D eigenvalue weighted by molar-refractivity contribution is 5.92. The zero-order valence-corrected chi connectivity index (χ0v) is 24.5. The number of aromatic hydroxyl groups is 1. The maximum atomic E-state index is 11.1. The van der Waals surface area contributed by atoms with Crippen LogP contribution in [0.2, 0.25) is 0 Å². The number of nitrogens with two attached hydrogens (primary N) is 1. The molecule has 4 aromatic carbocycles. The summed E-state index contributed by atoms with van der Waals surface area (Å²) in [6, 6.07) is 22.0. The number of non-ortho nitro benzene ring substituents is 2. The van der Waals surface area contributed by atoms with E-state index in [-0.39, 0.29) is 34.0 Å². The van der Waals surface area contributed by atoms with E-state index in [0.717, 1.165) is 42.4 Å². The van der Waals surface area contributed by atoms with Gasteiger partial charge in [0.1, 0.15) is 16.9 Å². The van der Waals surface area contributed by atoms with Gasteiger partial charge in [0.15, 0.2) is 5.75 Å². The molecule has 0 unspecified atom stereocenters. The Hall–Kier alpha value is -6.02. The Labute approximate surface area is 262 Å². The summed E-state index contributed by atoms with van der Waals surface area (Å²) in [5, 5.41) is 51.7. The van der Waals surface area contributed by atoms with Gasteiger partial charge in [0.25, 0.3) is 11.4 Å². The standard InChI is InChI=1S/2C16H16N2O5/c19-15-8-5-12(10-14(15)16(20)21)17-9-1-2-11-3-6-13(7-4-11)18(22)23;17-23-15-9-6-12(10-14(15)16(19)20)3-1-2-11-4-7-13(8-5-11)18(21)22/h3-8,10,17,19H,1-2,9H2,(H,20,21);4-10H,1-3,17H2,(H,19,20). The molecule has 14 heteroatoms. The molecule has 0 aliphatic carbocycles. The van der Waals surface area contributed by atoms with Crippen LogP contribution in [0.4, 0.5) is 17.1 Å². The Balaban J connectivity index is 0.000000250. The van der Waals surface area contributed by atoms with Gasteiger partial charge in [0.2, 0.25) is 0 Å². The van der Waals surface area contributed by atoms with Gasteiger partial charge in [-0.2, -0.15) is 5.90 Å². The predicted octanol–water partition coefficient (Wildman–Crippen LogP) is 5.76. The van der Waals surface area contributed by atoms with E-state index < -0.39 is 21.8 Å². The number of anilines is 1. The number of hydrogen-bond acceptors (Lipinski definition) is 10. The predicted molar refractivity (Wildman–Crippen MR) is 168 cm³/mol. The quantitative estimate of drug-likeness (QED) is 0.0483. The van der Waals surface area contributed by atoms with E-state index in [1.54, 1.807) is 42.5 Å². The zero-order valence-electron chi connectivity index (χ0n) is 24.5. The minimum atomic E-state index is -1.18. The number of rotatable bonds is 14. The molecule has 0 aliphatic heterocycles. The van der Waals surface area contributed by atoms with Crippen molar-refractivity contribution < 1.29 is 39.6 Å². The van der Waals surface area contributed by atoms with E-state index in [2.05, 4.69) is 10.2 Å². The number of carboxylic acid groups (broad SMARTS) is 2. The minimum Gasteiger partial charge on any atom is -0.507 e. The third-order valence-electron chi connectivity index (χ3n) is 6.82. The summed E-state index contributed by atoms with van der Waals surface area (Å²) in [5.74, 6) is 2.61. The second-order valence-electron chi connectivity index (χ2n) is 10.0. The Kier molecular flexibility index (Phi) is 12.5. The second-order valence-corrected chi connectivity index (χ2v) is 10.0. The van der Waals surface area contributed by atoms with Crippen LogP contribution in [0.1, 0.15) is 50.2 Å². The second kappa shape index (κ2) is 16.7. The van der Waals surface area contributed by atoms with Crippen LogP contribution < -0.4 is 16.1 Å². The van der Waals surface area contributed by atoms with Crippen molar-refractivity contribution in [3.8, 4) is 11.5 Å². The van der Waals surface area contributed by atoms with E-state index in [1.165, 1.54) is 42.5 Å². The number of nitrogens with zero attached hydrogens (tertiary/aromatic N) is 2. The number of phenols is 1. The van der Waals surface area contributed by atoms with Crippen LogP contribution >= 0.6 is 0 Å². The summed E-state index contributed by atoms with van der Waals surface area (Å²) < 4.78 is 0. The summed E-state index contributed by atoms with van der Waals surface area (Å²) in [5.41, 5.74) is 3.49. The molecule has 0 heterocycles. The molecule has 0 aromatic heterocycles. The van der Waals surface area contributed by atoms with Gasteiger partial charge in [-0.3, -0.25) is 20.2 Å². The first-order valence-corrected chi connectivity index (χ1v) is 14.0. The van der Waals surface area contributed by atoms with Crippen molar-refractivity contribution in [3.05, 3.63) is 133 Å². The van der Waals surface area contributed by atoms with E-state index >= 15 is 0 Å². The number of hydrogen-bond donors (Lipinski definition) is 5. The number of carbonyl (C=O) groups is 2. The van der Waals surface area contributed by atoms with Crippen LogP contribution in [0.25, 0.3) is 0 Å². The van der Waals surface area contributed by atoms with Crippen molar-refractivity contribution in [2.75, 3.05) is 11.9 Å². The molecular formula is C32H32N4O10. The van der Waals surface area contributed by atoms with E-state index in [4.69, 9.17) is 16.1 Å². The maximum absolute atomic E-state index is 11.1. The van der Waals surface area contributed by atoms with Crippen molar-refractivity contribution in [2.45, 2.75) is 32.1 Å². The Morgan fingerprint density at radius 3 is 1.70 bits per heavy atom. The highest BCUT2D eigenvalue weighted by Gasteiger charge is 2.13. The van der Waals surface area contributed by atoms with Gasteiger partial charge in [-0.1, -0.05) is 30.3 Å². The van der Waals surface area contributed by atoms with Gasteiger partial charge in [-0.25, -0.2) is 9.59 Å². The fraction of sp³-hybridized carbons (Fsp3) is 0.188. The normalized spacial score (nSPS) is 10.3. The van der Waals surface area contributed by atoms with Crippen LogP contribution in [-0.4, -0.2) is 43.6 Å². The van der Waals surface area contributed by atoms with E-state index in [9.17, 15) is 34.9 Å². The molecule has 4 rings (SSSR count). The molecule has 46 heavy (non-hydrogen) atoms. The topological polar surface area (TPSA) is 228 Å². The number of nitro benzene ring substituents is 2. The number of aromatic carboxylic acids is 2. The molecular weight excluding hydrogens is 600 g/mol. The fourth-order valence-corrected chi connectivity index (χ4v) is 4.41. The molecule has 0 fully saturated rings. The van der Waals surface area contributed by atoms with Crippen LogP contribution in [0.5, 0.6) is 11.5 Å². The van der Waals surface area contributed by atoms with Crippen molar-refractivity contribution >= 4 is 29.0 Å². The van der Waals surface area contributed by atoms with Gasteiger partial charge in [0, 0.05) is 36.5 Å². The van der Waals surface area contributed by atoms with Gasteiger partial charge in [0.05, 0.1) is 9.85 Å². The largest absolute Gasteiger partial charge is 0.507 e. The summed E-state index contributed by atoms with van der Waals surface area (Å²) in [7, 11) is 0. The molecule has 0 atom stereocenters. The van der Waals surface area contributed by atoms with E-state index in [0.29, 0.717) is 18.7 Å². The first kappa shape index (κ1) is 34.5. The Morgan fingerprint density at radius 2 is 1.20 bits per heavy atom. The zero-order chi connectivity index (χ0) is 33.6. The summed E-state index contributed by atoms with van der Waals surface area (Å²) in [4.78, 5) is 46.9. The number of benzene rings is 4. The van der Waals surface area contributed by atoms with Crippen LogP contribution in [-0.2, 0) is 19.3 Å². The average Bonchev–Trinajstić information content (AvgIpc) is 3.04. The molecule has 14 nitrogen and oxygen atoms in total. The molecule has 0 saturated carbocycles. The molecule has 0 bridgehead atoms. The first-order chi connectivity index (χ1) is 22.0. The van der Waals surface area contributed by atoms with Gasteiger partial charge in [-0.15, -0.1) is 0 Å². The minimum absolute atomic E-state index is 0.0281. The third-order valence-corrected chi connectivity index (χ3v) is 6.82. The number of carboxylic acids is 2. The van der Waals surface area contributed by atoms with Crippen LogP contribution in [0.15, 0.2) is 84.9 Å². The van der Waals surface area contributed by atoms with Crippen LogP contribution in [0.3, 0.4) is 0 Å². The number of nitro groups is 2.